The van der Waals surface area contributed by atoms with Crippen LogP contribution in [0.25, 0.3) is 11.3 Å². The third-order valence-corrected chi connectivity index (χ3v) is 6.99. The molecule has 0 spiro atoms. The molecule has 0 amide bonds. The molecule has 2 atom stereocenters. The Morgan fingerprint density at radius 2 is 1.85 bits per heavy atom. The standard InChI is InChI=1S/C18H16F3N3OS2/c1-12(14-8-9-16(22-10-14)18(19,20)21)27(2,25)24-17-23-15(11-26-17)13-6-4-3-5-7-13/h3-12H,1-2H3. The maximum Gasteiger partial charge on any atom is 0.433 e. The van der Waals surface area contributed by atoms with E-state index in [-0.39, 0.29) is 0 Å². The number of thiazole rings is 1. The van der Waals surface area contributed by atoms with E-state index in [1.165, 1.54) is 23.7 Å². The summed E-state index contributed by atoms with van der Waals surface area (Å²) in [6.07, 6.45) is -1.93. The first-order valence-electron chi connectivity index (χ1n) is 7.92. The molecule has 27 heavy (non-hydrogen) atoms. The summed E-state index contributed by atoms with van der Waals surface area (Å²) in [7, 11) is -2.78. The summed E-state index contributed by atoms with van der Waals surface area (Å²) in [5, 5.41) is 1.60. The molecule has 0 fully saturated rings. The van der Waals surface area contributed by atoms with Crippen molar-refractivity contribution in [1.82, 2.24) is 9.97 Å². The van der Waals surface area contributed by atoms with Gasteiger partial charge >= 0.3 is 6.18 Å². The molecule has 2 aromatic heterocycles. The molecule has 0 bridgehead atoms. The number of nitrogens with zero attached hydrogens (tertiary/aromatic N) is 3. The normalized spacial score (nSPS) is 15.1. The van der Waals surface area contributed by atoms with Crippen molar-refractivity contribution in [3.05, 3.63) is 65.3 Å². The van der Waals surface area contributed by atoms with E-state index >= 15 is 0 Å². The van der Waals surface area contributed by atoms with Gasteiger partial charge in [0.2, 0.25) is 5.13 Å². The maximum absolute atomic E-state index is 13.0. The van der Waals surface area contributed by atoms with Crippen molar-refractivity contribution >= 4 is 26.2 Å². The van der Waals surface area contributed by atoms with Crippen molar-refractivity contribution in [1.29, 1.82) is 0 Å². The summed E-state index contributed by atoms with van der Waals surface area (Å²) in [5.41, 5.74) is 1.11. The van der Waals surface area contributed by atoms with Crippen LogP contribution >= 0.6 is 11.3 Å². The second-order valence-electron chi connectivity index (χ2n) is 5.95. The fraction of sp³-hybridized carbons (Fsp3) is 0.222. The van der Waals surface area contributed by atoms with Gasteiger partial charge in [-0.3, -0.25) is 4.98 Å². The first-order valence-corrected chi connectivity index (χ1v) is 10.8. The minimum Gasteiger partial charge on any atom is -0.251 e. The predicted molar refractivity (Wildman–Crippen MR) is 101 cm³/mol. The topological polar surface area (TPSA) is 55.2 Å². The number of aromatic nitrogens is 2. The summed E-state index contributed by atoms with van der Waals surface area (Å²) in [6, 6.07) is 11.7. The molecule has 9 heteroatoms. The fourth-order valence-corrected chi connectivity index (χ4v) is 4.67. The van der Waals surface area contributed by atoms with Gasteiger partial charge in [0.15, 0.2) is 0 Å². The van der Waals surface area contributed by atoms with Crippen LogP contribution in [0.2, 0.25) is 0 Å². The lowest BCUT2D eigenvalue weighted by Crippen LogP contribution is -2.11. The second-order valence-corrected chi connectivity index (χ2v) is 9.40. The van der Waals surface area contributed by atoms with Gasteiger partial charge in [0.25, 0.3) is 0 Å². The number of benzene rings is 1. The van der Waals surface area contributed by atoms with Gasteiger partial charge in [-0.1, -0.05) is 36.4 Å². The SMILES string of the molecule is CC(c1ccc(C(F)(F)F)nc1)S(C)(=O)=Nc1nc(-c2ccccc2)cs1. The lowest BCUT2D eigenvalue weighted by atomic mass is 10.2. The lowest BCUT2D eigenvalue weighted by Gasteiger charge is -2.14. The molecule has 2 unspecified atom stereocenters. The van der Waals surface area contributed by atoms with Crippen LogP contribution in [0.5, 0.6) is 0 Å². The predicted octanol–water partition coefficient (Wildman–Crippen LogP) is 5.71. The minimum absolute atomic E-state index is 0.369. The zero-order valence-corrected chi connectivity index (χ0v) is 16.1. The number of halogens is 3. The molecule has 0 saturated heterocycles. The highest BCUT2D eigenvalue weighted by molar-refractivity contribution is 7.93. The maximum atomic E-state index is 13.0. The number of pyridine rings is 1. The third-order valence-electron chi connectivity index (χ3n) is 4.02. The van der Waals surface area contributed by atoms with Crippen LogP contribution in [0, 0.1) is 0 Å². The summed E-state index contributed by atoms with van der Waals surface area (Å²) in [4.78, 5) is 7.83. The van der Waals surface area contributed by atoms with Crippen molar-refractivity contribution in [2.24, 2.45) is 4.36 Å². The average molecular weight is 411 g/mol. The Balaban J connectivity index is 1.87. The van der Waals surface area contributed by atoms with Gasteiger partial charge in [0, 0.05) is 23.4 Å². The molecule has 0 saturated carbocycles. The van der Waals surface area contributed by atoms with Crippen molar-refractivity contribution in [3.8, 4) is 11.3 Å². The van der Waals surface area contributed by atoms with Gasteiger partial charge in [-0.15, -0.1) is 11.3 Å². The summed E-state index contributed by atoms with van der Waals surface area (Å²) in [5.74, 6) is 0. The van der Waals surface area contributed by atoms with Crippen molar-refractivity contribution in [2.45, 2.75) is 18.3 Å². The van der Waals surface area contributed by atoms with Gasteiger partial charge in [0.1, 0.15) is 5.69 Å². The zero-order valence-electron chi connectivity index (χ0n) is 14.5. The molecule has 142 valence electrons. The molecule has 1 aromatic carbocycles. The Labute approximate surface area is 159 Å². The quantitative estimate of drug-likeness (QED) is 0.552. The van der Waals surface area contributed by atoms with Crippen LogP contribution in [0.3, 0.4) is 0 Å². The zero-order chi connectivity index (χ0) is 19.7. The van der Waals surface area contributed by atoms with Crippen LogP contribution in [-0.2, 0) is 15.9 Å². The van der Waals surface area contributed by atoms with Gasteiger partial charge in [-0.05, 0) is 18.6 Å². The van der Waals surface area contributed by atoms with E-state index in [0.29, 0.717) is 10.7 Å². The van der Waals surface area contributed by atoms with Crippen molar-refractivity contribution < 1.29 is 17.4 Å². The highest BCUT2D eigenvalue weighted by Gasteiger charge is 2.32. The Morgan fingerprint density at radius 3 is 2.44 bits per heavy atom. The van der Waals surface area contributed by atoms with Crippen molar-refractivity contribution in [3.63, 3.8) is 0 Å². The van der Waals surface area contributed by atoms with Gasteiger partial charge in [-0.2, -0.15) is 17.5 Å². The number of alkyl halides is 3. The first-order chi connectivity index (χ1) is 12.7. The molecular weight excluding hydrogens is 395 g/mol. The Bertz CT molecular complexity index is 1040. The molecule has 0 aliphatic heterocycles. The van der Waals surface area contributed by atoms with E-state index in [4.69, 9.17) is 0 Å². The van der Waals surface area contributed by atoms with Crippen LogP contribution in [0.15, 0.2) is 58.4 Å². The highest BCUT2D eigenvalue weighted by atomic mass is 32.2. The molecule has 0 radical (unpaired) electrons. The van der Waals surface area contributed by atoms with Gasteiger partial charge < -0.3 is 0 Å². The average Bonchev–Trinajstić information content (AvgIpc) is 3.09. The Morgan fingerprint density at radius 1 is 1.15 bits per heavy atom. The number of hydrogen-bond acceptors (Lipinski definition) is 5. The third kappa shape index (κ3) is 4.54. The molecule has 0 aliphatic carbocycles. The van der Waals surface area contributed by atoms with Crippen LogP contribution < -0.4 is 0 Å². The highest BCUT2D eigenvalue weighted by Crippen LogP contribution is 2.32. The number of hydrogen-bond donors (Lipinski definition) is 0. The second kappa shape index (κ2) is 7.40. The van der Waals surface area contributed by atoms with E-state index in [1.807, 2.05) is 35.7 Å². The van der Waals surface area contributed by atoms with E-state index in [1.54, 1.807) is 6.92 Å². The molecule has 0 aliphatic rings. The molecule has 3 aromatic rings. The van der Waals surface area contributed by atoms with E-state index in [0.717, 1.165) is 23.5 Å². The largest absolute Gasteiger partial charge is 0.433 e. The van der Waals surface area contributed by atoms with Crippen molar-refractivity contribution in [2.75, 3.05) is 6.26 Å². The van der Waals surface area contributed by atoms with Gasteiger partial charge in [-0.25, -0.2) is 9.19 Å². The molecular formula is C18H16F3N3OS2. The minimum atomic E-state index is -4.51. The lowest BCUT2D eigenvalue weighted by molar-refractivity contribution is -0.141. The summed E-state index contributed by atoms with van der Waals surface area (Å²) in [6.45, 7) is 1.65. The molecule has 2 heterocycles. The summed E-state index contributed by atoms with van der Waals surface area (Å²) < 4.78 is 55.2. The Kier molecular flexibility index (Phi) is 5.34. The molecule has 3 rings (SSSR count). The van der Waals surface area contributed by atoms with E-state index in [2.05, 4.69) is 14.3 Å². The van der Waals surface area contributed by atoms with Crippen LogP contribution in [-0.4, -0.2) is 20.4 Å². The first kappa shape index (κ1) is 19.5. The Hall–Kier alpha value is -2.26. The molecule has 0 N–H and O–H groups in total. The number of rotatable bonds is 4. The monoisotopic (exact) mass is 411 g/mol. The van der Waals surface area contributed by atoms with E-state index in [9.17, 15) is 17.4 Å². The van der Waals surface area contributed by atoms with Crippen LogP contribution in [0.4, 0.5) is 18.3 Å². The van der Waals surface area contributed by atoms with Crippen LogP contribution in [0.1, 0.15) is 23.4 Å². The summed E-state index contributed by atoms with van der Waals surface area (Å²) >= 11 is 1.27. The fourth-order valence-electron chi connectivity index (χ4n) is 2.35. The van der Waals surface area contributed by atoms with E-state index < -0.39 is 26.8 Å². The van der Waals surface area contributed by atoms with Gasteiger partial charge in [0.05, 0.1) is 20.7 Å². The molecule has 4 nitrogen and oxygen atoms in total. The smallest absolute Gasteiger partial charge is 0.251 e.